The molecule has 1 amide bonds. The summed E-state index contributed by atoms with van der Waals surface area (Å²) in [5, 5.41) is 121. The zero-order valence-corrected chi connectivity index (χ0v) is 59.2. The van der Waals surface area contributed by atoms with Crippen LogP contribution in [0.4, 0.5) is 0 Å². The maximum Gasteiger partial charge on any atom is 0.220 e. The Bertz CT molecular complexity index is 1910. The van der Waals surface area contributed by atoms with Crippen molar-refractivity contribution in [2.24, 2.45) is 0 Å². The molecule has 0 aromatic heterocycles. The molecule has 12 N–H and O–H groups in total. The minimum Gasteiger partial charge on any atom is -0.394 e. The van der Waals surface area contributed by atoms with E-state index >= 15 is 0 Å². The number of aliphatic hydroxyl groups is 11. The maximum absolute atomic E-state index is 13.5. The molecule has 3 fully saturated rings. The van der Waals surface area contributed by atoms with Gasteiger partial charge in [-0.05, 0) is 57.8 Å². The van der Waals surface area contributed by atoms with Crippen molar-refractivity contribution >= 4 is 5.91 Å². The maximum atomic E-state index is 13.5. The third-order valence-corrected chi connectivity index (χ3v) is 19.1. The van der Waals surface area contributed by atoms with Gasteiger partial charge >= 0.3 is 0 Å². The molecule has 17 unspecified atom stereocenters. The van der Waals surface area contributed by atoms with Gasteiger partial charge in [-0.1, -0.05) is 281 Å². The van der Waals surface area contributed by atoms with E-state index in [0.717, 1.165) is 64.2 Å². The van der Waals surface area contributed by atoms with Gasteiger partial charge in [-0.15, -0.1) is 0 Å². The first-order chi connectivity index (χ1) is 46.3. The quantitative estimate of drug-likeness (QED) is 0.0199. The molecule has 0 bridgehead atoms. The molecule has 0 saturated carbocycles. The zero-order valence-electron chi connectivity index (χ0n) is 59.2. The molecule has 3 saturated heterocycles. The predicted molar refractivity (Wildman–Crippen MR) is 374 cm³/mol. The largest absolute Gasteiger partial charge is 0.394 e. The molecule has 0 spiro atoms. The number of unbranched alkanes of at least 4 members (excludes halogenated alkanes) is 38. The first kappa shape index (κ1) is 87.0. The highest BCUT2D eigenvalue weighted by molar-refractivity contribution is 5.76. The number of hydrogen-bond donors (Lipinski definition) is 12. The first-order valence-corrected chi connectivity index (χ1v) is 38.4. The van der Waals surface area contributed by atoms with Gasteiger partial charge in [0.1, 0.15) is 73.2 Å². The molecule has 556 valence electrons. The highest BCUT2D eigenvalue weighted by Gasteiger charge is 2.53. The minimum absolute atomic E-state index is 0.241. The van der Waals surface area contributed by atoms with Crippen LogP contribution in [0, 0.1) is 0 Å². The molecular weight excluding hydrogens is 1210 g/mol. The average Bonchev–Trinajstić information content (AvgIpc) is 0.787. The minimum atomic E-state index is -1.98. The molecule has 3 heterocycles. The Morgan fingerprint density at radius 3 is 1.08 bits per heavy atom. The van der Waals surface area contributed by atoms with Gasteiger partial charge in [-0.3, -0.25) is 4.79 Å². The summed E-state index contributed by atoms with van der Waals surface area (Å²) in [6, 6.07) is -0.976. The number of carbonyl (C=O) groups is 1. The monoisotopic (exact) mass is 1350 g/mol. The second-order valence-corrected chi connectivity index (χ2v) is 27.5. The lowest BCUT2D eigenvalue weighted by atomic mass is 9.96. The van der Waals surface area contributed by atoms with E-state index in [1.807, 2.05) is 6.08 Å². The van der Waals surface area contributed by atoms with Crippen molar-refractivity contribution in [3.8, 4) is 0 Å². The van der Waals surface area contributed by atoms with Crippen molar-refractivity contribution < 1.29 is 89.4 Å². The van der Waals surface area contributed by atoms with Crippen molar-refractivity contribution in [1.29, 1.82) is 0 Å². The summed E-state index contributed by atoms with van der Waals surface area (Å²) in [5.41, 5.74) is 0. The van der Waals surface area contributed by atoms with Crippen LogP contribution in [0.1, 0.15) is 296 Å². The number of hydrogen-bond acceptors (Lipinski definition) is 18. The van der Waals surface area contributed by atoms with Crippen LogP contribution >= 0.6 is 0 Å². The van der Waals surface area contributed by atoms with Gasteiger partial charge < -0.3 is 89.9 Å². The van der Waals surface area contributed by atoms with E-state index in [-0.39, 0.29) is 18.9 Å². The number of aliphatic hydroxyl groups excluding tert-OH is 11. The summed E-state index contributed by atoms with van der Waals surface area (Å²) in [5.74, 6) is -0.275. The van der Waals surface area contributed by atoms with Crippen LogP contribution in [0.5, 0.6) is 0 Å². The highest BCUT2D eigenvalue weighted by atomic mass is 16.8. The first-order valence-electron chi connectivity index (χ1n) is 38.4. The Labute approximate surface area is 573 Å². The molecule has 19 nitrogen and oxygen atoms in total. The third-order valence-electron chi connectivity index (χ3n) is 19.1. The molecular formula is C76H139NO18. The van der Waals surface area contributed by atoms with Gasteiger partial charge in [0.15, 0.2) is 18.9 Å². The molecule has 3 aliphatic heterocycles. The second kappa shape index (κ2) is 57.4. The van der Waals surface area contributed by atoms with Gasteiger partial charge in [0, 0.05) is 6.42 Å². The van der Waals surface area contributed by atoms with Crippen LogP contribution in [0.2, 0.25) is 0 Å². The Hall–Kier alpha value is -2.25. The number of nitrogens with one attached hydrogen (secondary N) is 1. The Morgan fingerprint density at radius 2 is 0.695 bits per heavy atom. The topological polar surface area (TPSA) is 307 Å². The van der Waals surface area contributed by atoms with E-state index in [0.29, 0.717) is 6.42 Å². The lowest BCUT2D eigenvalue weighted by Gasteiger charge is -2.48. The third kappa shape index (κ3) is 38.4. The fourth-order valence-electron chi connectivity index (χ4n) is 12.9. The summed E-state index contributed by atoms with van der Waals surface area (Å²) in [7, 11) is 0. The Morgan fingerprint density at radius 1 is 0.379 bits per heavy atom. The molecule has 3 aliphatic rings. The van der Waals surface area contributed by atoms with Crippen molar-refractivity contribution in [2.45, 2.75) is 401 Å². The van der Waals surface area contributed by atoms with Crippen LogP contribution in [0.25, 0.3) is 0 Å². The van der Waals surface area contributed by atoms with E-state index in [1.54, 1.807) is 6.08 Å². The van der Waals surface area contributed by atoms with E-state index in [9.17, 15) is 61.0 Å². The number of amides is 1. The molecule has 95 heavy (non-hydrogen) atoms. The SMILES string of the molecule is CCCCCCC/C=C\C/C=C\C/C=C\CCCCCCCCCCCCCCC(=O)NC(COC1OC(CO)C(OC2OC(CO)C(OC3OC(CO)C(O)C(O)C3O)C(O)C2O)C(O)C1O)C(O)/C=C/CCCCCCCCCCCCCCCCCCCCCCC. The molecule has 0 radical (unpaired) electrons. The summed E-state index contributed by atoms with van der Waals surface area (Å²) >= 11 is 0. The fourth-order valence-corrected chi connectivity index (χ4v) is 12.9. The lowest BCUT2D eigenvalue weighted by Crippen LogP contribution is -2.66. The Kier molecular flexibility index (Phi) is 52.5. The van der Waals surface area contributed by atoms with Gasteiger partial charge in [0.25, 0.3) is 0 Å². The summed E-state index contributed by atoms with van der Waals surface area (Å²) in [6.07, 6.45) is 43.6. The van der Waals surface area contributed by atoms with Crippen LogP contribution < -0.4 is 5.32 Å². The molecule has 0 aliphatic carbocycles. The van der Waals surface area contributed by atoms with Gasteiger partial charge in [0.2, 0.25) is 5.91 Å². The predicted octanol–water partition coefficient (Wildman–Crippen LogP) is 11.7. The molecule has 0 aromatic carbocycles. The smallest absolute Gasteiger partial charge is 0.220 e. The number of carbonyl (C=O) groups excluding carboxylic acids is 1. The number of rotatable bonds is 60. The zero-order chi connectivity index (χ0) is 68.9. The van der Waals surface area contributed by atoms with Crippen LogP contribution in [0.15, 0.2) is 48.6 Å². The van der Waals surface area contributed by atoms with Crippen molar-refractivity contribution in [3.05, 3.63) is 48.6 Å². The second-order valence-electron chi connectivity index (χ2n) is 27.5. The summed E-state index contributed by atoms with van der Waals surface area (Å²) in [6.45, 7) is 1.76. The number of ether oxygens (including phenoxy) is 6. The molecule has 17 atom stereocenters. The molecule has 19 heteroatoms. The van der Waals surface area contributed by atoms with E-state index in [1.165, 1.54) is 205 Å². The van der Waals surface area contributed by atoms with Crippen molar-refractivity contribution in [1.82, 2.24) is 5.32 Å². The Balaban J connectivity index is 1.41. The summed E-state index contributed by atoms with van der Waals surface area (Å²) < 4.78 is 34.4. The lowest BCUT2D eigenvalue weighted by molar-refractivity contribution is -0.379. The van der Waals surface area contributed by atoms with Crippen LogP contribution in [-0.2, 0) is 33.2 Å². The summed E-state index contributed by atoms with van der Waals surface area (Å²) in [4.78, 5) is 13.5. The molecule has 3 rings (SSSR count). The molecule has 0 aromatic rings. The standard InChI is InChI=1S/C76H139NO18/c1-3-5-7-9-11-13-15-17-19-21-23-25-27-28-29-30-32-34-36-38-40-42-44-46-48-50-52-54-64(82)77-59(60(81)53-51-49-47-45-43-41-39-37-35-33-31-26-24-22-20-18-16-14-12-10-8-6-4-2)58-90-74-70(88)67(85)72(62(56-79)92-74)95-76-71(89)68(86)73(63(57-80)93-76)94-75-69(87)66(84)65(83)61(55-78)91-75/h15,17,21,23,27-28,51,53,59-63,65-76,78-81,83-89H,3-14,16,18-20,22,24-26,29-50,52,54-58H2,1-2H3,(H,77,82)/b17-15-,23-21-,28-27-,53-51+. The normalized spacial score (nSPS) is 27.4. The van der Waals surface area contributed by atoms with E-state index in [2.05, 4.69) is 55.6 Å². The van der Waals surface area contributed by atoms with Crippen molar-refractivity contribution in [2.75, 3.05) is 26.4 Å². The van der Waals surface area contributed by atoms with E-state index < -0.39 is 124 Å². The number of allylic oxidation sites excluding steroid dienone is 7. The van der Waals surface area contributed by atoms with E-state index in [4.69, 9.17) is 28.4 Å². The van der Waals surface area contributed by atoms with Gasteiger partial charge in [0.05, 0.1) is 38.6 Å². The average molecular weight is 1350 g/mol. The van der Waals surface area contributed by atoms with Crippen LogP contribution in [0.3, 0.4) is 0 Å². The van der Waals surface area contributed by atoms with Crippen molar-refractivity contribution in [3.63, 3.8) is 0 Å². The fraction of sp³-hybridized carbons (Fsp3) is 0.882. The van der Waals surface area contributed by atoms with Gasteiger partial charge in [-0.25, -0.2) is 0 Å². The van der Waals surface area contributed by atoms with Gasteiger partial charge in [-0.2, -0.15) is 0 Å². The highest BCUT2D eigenvalue weighted by Crippen LogP contribution is 2.33. The van der Waals surface area contributed by atoms with Crippen LogP contribution in [-0.4, -0.2) is 193 Å².